The molecule has 0 radical (unpaired) electrons. The van der Waals surface area contributed by atoms with Crippen LogP contribution >= 0.6 is 0 Å². The first-order chi connectivity index (χ1) is 6.31. The highest BCUT2D eigenvalue weighted by molar-refractivity contribution is 4.87. The van der Waals surface area contributed by atoms with E-state index in [0.717, 1.165) is 25.7 Å². The average Bonchev–Trinajstić information content (AvgIpc) is 2.49. The highest BCUT2D eigenvalue weighted by Gasteiger charge is 2.41. The fraction of sp³-hybridized carbons (Fsp3) is 1.00. The predicted molar refractivity (Wildman–Crippen MR) is 48.3 cm³/mol. The molecule has 1 saturated heterocycles. The Hall–Kier alpha value is -0.120. The van der Waals surface area contributed by atoms with E-state index in [1.807, 2.05) is 6.92 Å². The fourth-order valence-electron chi connectivity index (χ4n) is 2.45. The largest absolute Gasteiger partial charge is 0.393 e. The number of aliphatic hydroxyl groups is 1. The van der Waals surface area contributed by atoms with Crippen molar-refractivity contribution in [1.29, 1.82) is 0 Å². The van der Waals surface area contributed by atoms with Gasteiger partial charge in [-0.05, 0) is 26.2 Å². The second-order valence-electron chi connectivity index (χ2n) is 3.96. The molecule has 76 valence electrons. The predicted octanol–water partition coefficient (Wildman–Crippen LogP) is 1.30. The molecule has 0 bridgehead atoms. The third-order valence-corrected chi connectivity index (χ3v) is 3.10. The highest BCUT2D eigenvalue weighted by atomic mass is 16.7. The van der Waals surface area contributed by atoms with Gasteiger partial charge in [-0.1, -0.05) is 0 Å². The van der Waals surface area contributed by atoms with Crippen LogP contribution in [0.1, 0.15) is 32.6 Å². The minimum Gasteiger partial charge on any atom is -0.393 e. The van der Waals surface area contributed by atoms with Crippen LogP contribution in [-0.2, 0) is 9.47 Å². The summed E-state index contributed by atoms with van der Waals surface area (Å²) in [5, 5.41) is 9.73. The normalized spacial score (nSPS) is 44.8. The maximum atomic E-state index is 9.73. The lowest BCUT2D eigenvalue weighted by Gasteiger charge is -2.28. The maximum absolute atomic E-state index is 9.73. The van der Waals surface area contributed by atoms with Crippen molar-refractivity contribution in [2.45, 2.75) is 51.1 Å². The monoisotopic (exact) mass is 186 g/mol. The number of hydrogen-bond donors (Lipinski definition) is 1. The van der Waals surface area contributed by atoms with Gasteiger partial charge in [0.1, 0.15) is 0 Å². The van der Waals surface area contributed by atoms with Crippen LogP contribution in [0.3, 0.4) is 0 Å². The van der Waals surface area contributed by atoms with E-state index in [0.29, 0.717) is 12.5 Å². The molecular weight excluding hydrogens is 168 g/mol. The van der Waals surface area contributed by atoms with Crippen LogP contribution in [0, 0.1) is 5.92 Å². The van der Waals surface area contributed by atoms with Gasteiger partial charge in [0.25, 0.3) is 0 Å². The van der Waals surface area contributed by atoms with Crippen LogP contribution in [0.4, 0.5) is 0 Å². The lowest BCUT2D eigenvalue weighted by Crippen LogP contribution is -2.32. The molecule has 1 aliphatic heterocycles. The van der Waals surface area contributed by atoms with Gasteiger partial charge in [-0.15, -0.1) is 0 Å². The van der Waals surface area contributed by atoms with Crippen molar-refractivity contribution in [2.75, 3.05) is 6.61 Å². The smallest absolute Gasteiger partial charge is 0.158 e. The molecule has 4 unspecified atom stereocenters. The van der Waals surface area contributed by atoms with Crippen molar-refractivity contribution in [3.63, 3.8) is 0 Å². The van der Waals surface area contributed by atoms with Crippen LogP contribution < -0.4 is 0 Å². The molecule has 2 aliphatic rings. The molecule has 0 aromatic carbocycles. The van der Waals surface area contributed by atoms with Crippen molar-refractivity contribution in [2.24, 2.45) is 5.92 Å². The second-order valence-corrected chi connectivity index (χ2v) is 3.96. The van der Waals surface area contributed by atoms with Gasteiger partial charge in [-0.3, -0.25) is 0 Å². The maximum Gasteiger partial charge on any atom is 0.158 e. The quantitative estimate of drug-likeness (QED) is 0.706. The van der Waals surface area contributed by atoms with Crippen molar-refractivity contribution in [1.82, 2.24) is 0 Å². The minimum atomic E-state index is -0.163. The second kappa shape index (κ2) is 3.95. The van der Waals surface area contributed by atoms with E-state index in [9.17, 15) is 5.11 Å². The van der Waals surface area contributed by atoms with Crippen LogP contribution in [0.25, 0.3) is 0 Å². The van der Waals surface area contributed by atoms with Crippen LogP contribution in [0.15, 0.2) is 0 Å². The van der Waals surface area contributed by atoms with E-state index < -0.39 is 0 Å². The van der Waals surface area contributed by atoms with Gasteiger partial charge in [-0.2, -0.15) is 0 Å². The lowest BCUT2D eigenvalue weighted by atomic mass is 9.84. The van der Waals surface area contributed by atoms with Gasteiger partial charge >= 0.3 is 0 Å². The third kappa shape index (κ3) is 1.87. The summed E-state index contributed by atoms with van der Waals surface area (Å²) in [7, 11) is 0. The molecule has 4 atom stereocenters. The molecule has 2 rings (SSSR count). The summed E-state index contributed by atoms with van der Waals surface area (Å²) in [6.07, 6.45) is 4.01. The van der Waals surface area contributed by atoms with Gasteiger partial charge in [0, 0.05) is 18.9 Å². The van der Waals surface area contributed by atoms with Gasteiger partial charge in [-0.25, -0.2) is 0 Å². The Morgan fingerprint density at radius 2 is 2.31 bits per heavy atom. The molecule has 1 N–H and O–H groups in total. The highest BCUT2D eigenvalue weighted by Crippen LogP contribution is 2.37. The molecular formula is C10H18O3. The average molecular weight is 186 g/mol. The molecule has 3 nitrogen and oxygen atoms in total. The third-order valence-electron chi connectivity index (χ3n) is 3.10. The summed E-state index contributed by atoms with van der Waals surface area (Å²) >= 11 is 0. The molecule has 1 saturated carbocycles. The fourth-order valence-corrected chi connectivity index (χ4v) is 2.45. The van der Waals surface area contributed by atoms with Gasteiger partial charge in [0.2, 0.25) is 0 Å². The zero-order valence-electron chi connectivity index (χ0n) is 8.11. The first-order valence-electron chi connectivity index (χ1n) is 5.26. The molecule has 0 aromatic rings. The molecule has 0 aromatic heterocycles. The molecule has 1 heterocycles. The molecule has 3 heteroatoms. The van der Waals surface area contributed by atoms with Crippen molar-refractivity contribution in [3.8, 4) is 0 Å². The molecule has 0 spiro atoms. The first-order valence-corrected chi connectivity index (χ1v) is 5.26. The summed E-state index contributed by atoms with van der Waals surface area (Å²) in [6.45, 7) is 2.67. The summed E-state index contributed by atoms with van der Waals surface area (Å²) in [5.41, 5.74) is 0. The van der Waals surface area contributed by atoms with Gasteiger partial charge in [0.15, 0.2) is 6.29 Å². The van der Waals surface area contributed by atoms with E-state index in [1.54, 1.807) is 0 Å². The van der Waals surface area contributed by atoms with E-state index >= 15 is 0 Å². The standard InChI is InChI=1S/C10H18O3/c1-2-12-10-6-7-8(11)4-3-5-9(7)13-10/h7-11H,2-6H2,1H3. The zero-order chi connectivity index (χ0) is 9.26. The van der Waals surface area contributed by atoms with E-state index in [-0.39, 0.29) is 18.5 Å². The van der Waals surface area contributed by atoms with Crippen molar-refractivity contribution in [3.05, 3.63) is 0 Å². The SMILES string of the molecule is CCOC1CC2C(O)CCCC2O1. The summed E-state index contributed by atoms with van der Waals surface area (Å²) < 4.78 is 11.1. The Bertz CT molecular complexity index is 172. The Kier molecular flexibility index (Phi) is 2.86. The lowest BCUT2D eigenvalue weighted by molar-refractivity contribution is -0.136. The van der Waals surface area contributed by atoms with E-state index in [2.05, 4.69) is 0 Å². The summed E-state index contributed by atoms with van der Waals surface area (Å²) in [6, 6.07) is 0. The summed E-state index contributed by atoms with van der Waals surface area (Å²) in [5.74, 6) is 0.324. The Morgan fingerprint density at radius 3 is 3.00 bits per heavy atom. The van der Waals surface area contributed by atoms with Crippen LogP contribution in [0.2, 0.25) is 0 Å². The number of hydrogen-bond acceptors (Lipinski definition) is 3. The minimum absolute atomic E-state index is 0.0623. The topological polar surface area (TPSA) is 38.7 Å². The number of aliphatic hydroxyl groups excluding tert-OH is 1. The number of fused-ring (bicyclic) bond motifs is 1. The van der Waals surface area contributed by atoms with E-state index in [1.165, 1.54) is 0 Å². The van der Waals surface area contributed by atoms with Crippen LogP contribution in [0.5, 0.6) is 0 Å². The Labute approximate surface area is 79.0 Å². The van der Waals surface area contributed by atoms with Crippen molar-refractivity contribution >= 4 is 0 Å². The van der Waals surface area contributed by atoms with Gasteiger partial charge in [0.05, 0.1) is 12.2 Å². The Balaban J connectivity index is 1.92. The number of rotatable bonds is 2. The zero-order valence-corrected chi connectivity index (χ0v) is 8.11. The van der Waals surface area contributed by atoms with E-state index in [4.69, 9.17) is 9.47 Å². The first kappa shape index (κ1) is 9.44. The Morgan fingerprint density at radius 1 is 1.46 bits per heavy atom. The van der Waals surface area contributed by atoms with Gasteiger partial charge < -0.3 is 14.6 Å². The molecule has 1 aliphatic carbocycles. The number of ether oxygens (including phenoxy) is 2. The van der Waals surface area contributed by atoms with Crippen molar-refractivity contribution < 1.29 is 14.6 Å². The molecule has 2 fully saturated rings. The van der Waals surface area contributed by atoms with Crippen LogP contribution in [-0.4, -0.2) is 30.2 Å². The molecule has 0 amide bonds. The molecule has 13 heavy (non-hydrogen) atoms. The summed E-state index contributed by atoms with van der Waals surface area (Å²) in [4.78, 5) is 0.